The van der Waals surface area contributed by atoms with Crippen LogP contribution in [0.15, 0.2) is 34.4 Å². The van der Waals surface area contributed by atoms with Gasteiger partial charge in [-0.1, -0.05) is 13.8 Å². The maximum atomic E-state index is 4.24. The SMILES string of the molecule is CCNC(Cc1ccc(Br)s1)c1ccncc1CC. The lowest BCUT2D eigenvalue weighted by molar-refractivity contribution is 0.548. The zero-order chi connectivity index (χ0) is 13.7. The second-order valence-electron chi connectivity index (χ2n) is 4.45. The molecular formula is C15H19BrN2S. The first-order valence-corrected chi connectivity index (χ1v) is 8.25. The quantitative estimate of drug-likeness (QED) is 0.846. The summed E-state index contributed by atoms with van der Waals surface area (Å²) in [7, 11) is 0. The highest BCUT2D eigenvalue weighted by Crippen LogP contribution is 2.28. The molecule has 0 aliphatic carbocycles. The Labute approximate surface area is 127 Å². The molecule has 19 heavy (non-hydrogen) atoms. The van der Waals surface area contributed by atoms with E-state index in [0.717, 1.165) is 19.4 Å². The van der Waals surface area contributed by atoms with E-state index in [-0.39, 0.29) is 0 Å². The number of nitrogens with zero attached hydrogens (tertiary/aromatic N) is 1. The molecule has 0 amide bonds. The summed E-state index contributed by atoms with van der Waals surface area (Å²) in [5.41, 5.74) is 2.72. The molecule has 2 nitrogen and oxygen atoms in total. The summed E-state index contributed by atoms with van der Waals surface area (Å²) in [6.07, 6.45) is 5.94. The summed E-state index contributed by atoms with van der Waals surface area (Å²) in [5.74, 6) is 0. The van der Waals surface area contributed by atoms with Crippen molar-refractivity contribution in [3.63, 3.8) is 0 Å². The van der Waals surface area contributed by atoms with Crippen LogP contribution in [0, 0.1) is 0 Å². The van der Waals surface area contributed by atoms with Gasteiger partial charge in [0.05, 0.1) is 3.79 Å². The van der Waals surface area contributed by atoms with Crippen LogP contribution < -0.4 is 5.32 Å². The lowest BCUT2D eigenvalue weighted by atomic mass is 9.98. The van der Waals surface area contributed by atoms with Gasteiger partial charge in [0.15, 0.2) is 0 Å². The molecule has 0 aliphatic heterocycles. The molecule has 0 aliphatic rings. The van der Waals surface area contributed by atoms with Crippen LogP contribution >= 0.6 is 27.3 Å². The van der Waals surface area contributed by atoms with Gasteiger partial charge in [0.1, 0.15) is 0 Å². The minimum atomic E-state index is 0.369. The first-order chi connectivity index (χ1) is 9.24. The highest BCUT2D eigenvalue weighted by atomic mass is 79.9. The van der Waals surface area contributed by atoms with Gasteiger partial charge >= 0.3 is 0 Å². The van der Waals surface area contributed by atoms with E-state index in [9.17, 15) is 0 Å². The smallest absolute Gasteiger partial charge is 0.0701 e. The van der Waals surface area contributed by atoms with Crippen molar-refractivity contribution in [2.24, 2.45) is 0 Å². The van der Waals surface area contributed by atoms with Gasteiger partial charge in [0.25, 0.3) is 0 Å². The molecule has 0 spiro atoms. The number of pyridine rings is 1. The molecule has 1 N–H and O–H groups in total. The molecule has 0 saturated carbocycles. The van der Waals surface area contributed by atoms with Crippen LogP contribution in [0.5, 0.6) is 0 Å². The van der Waals surface area contributed by atoms with E-state index >= 15 is 0 Å². The predicted octanol–water partition coefficient (Wildman–Crippen LogP) is 4.36. The Morgan fingerprint density at radius 2 is 2.16 bits per heavy atom. The fraction of sp³-hybridized carbons (Fsp3) is 0.400. The Hall–Kier alpha value is -0.710. The van der Waals surface area contributed by atoms with Crippen molar-refractivity contribution in [3.05, 3.63) is 50.4 Å². The van der Waals surface area contributed by atoms with Gasteiger partial charge in [-0.25, -0.2) is 0 Å². The maximum absolute atomic E-state index is 4.24. The molecule has 1 atom stereocenters. The summed E-state index contributed by atoms with van der Waals surface area (Å²) >= 11 is 5.34. The van der Waals surface area contributed by atoms with Crippen LogP contribution in [-0.4, -0.2) is 11.5 Å². The van der Waals surface area contributed by atoms with Gasteiger partial charge in [-0.15, -0.1) is 11.3 Å². The van der Waals surface area contributed by atoms with E-state index in [1.54, 1.807) is 0 Å². The number of aromatic nitrogens is 1. The Balaban J connectivity index is 2.23. The van der Waals surface area contributed by atoms with Gasteiger partial charge in [-0.05, 0) is 58.2 Å². The first-order valence-electron chi connectivity index (χ1n) is 6.65. The number of rotatable bonds is 6. The third kappa shape index (κ3) is 3.88. The van der Waals surface area contributed by atoms with Crippen molar-refractivity contribution in [1.29, 1.82) is 0 Å². The van der Waals surface area contributed by atoms with Crippen LogP contribution in [0.25, 0.3) is 0 Å². The van der Waals surface area contributed by atoms with Crippen LogP contribution in [-0.2, 0) is 12.8 Å². The number of likely N-dealkylation sites (N-methyl/N-ethyl adjacent to an activating group) is 1. The van der Waals surface area contributed by atoms with Crippen molar-refractivity contribution in [3.8, 4) is 0 Å². The molecule has 0 aromatic carbocycles. The summed E-state index contributed by atoms with van der Waals surface area (Å²) in [5, 5.41) is 3.59. The lowest BCUT2D eigenvalue weighted by Gasteiger charge is -2.20. The molecule has 4 heteroatoms. The van der Waals surface area contributed by atoms with Crippen molar-refractivity contribution in [1.82, 2.24) is 10.3 Å². The third-order valence-corrected chi connectivity index (χ3v) is 4.83. The molecule has 0 bridgehead atoms. The number of halogens is 1. The minimum Gasteiger partial charge on any atom is -0.310 e. The molecule has 1 unspecified atom stereocenters. The molecule has 0 radical (unpaired) electrons. The first kappa shape index (κ1) is 14.7. The van der Waals surface area contributed by atoms with Gasteiger partial charge < -0.3 is 5.32 Å². The molecule has 2 aromatic rings. The molecule has 0 saturated heterocycles. The van der Waals surface area contributed by atoms with E-state index in [0.29, 0.717) is 6.04 Å². The summed E-state index contributed by atoms with van der Waals surface area (Å²) in [4.78, 5) is 5.64. The van der Waals surface area contributed by atoms with E-state index in [4.69, 9.17) is 0 Å². The van der Waals surface area contributed by atoms with Gasteiger partial charge in [-0.3, -0.25) is 4.98 Å². The number of nitrogens with one attached hydrogen (secondary N) is 1. The molecule has 0 fully saturated rings. The van der Waals surface area contributed by atoms with E-state index in [1.165, 1.54) is 19.8 Å². The molecular weight excluding hydrogens is 320 g/mol. The normalized spacial score (nSPS) is 12.6. The Kier molecular flexibility index (Phi) is 5.55. The molecule has 102 valence electrons. The third-order valence-electron chi connectivity index (χ3n) is 3.18. The van der Waals surface area contributed by atoms with E-state index < -0.39 is 0 Å². The lowest BCUT2D eigenvalue weighted by Crippen LogP contribution is -2.23. The van der Waals surface area contributed by atoms with Gasteiger partial charge in [-0.2, -0.15) is 0 Å². The van der Waals surface area contributed by atoms with Crippen LogP contribution in [0.2, 0.25) is 0 Å². The highest BCUT2D eigenvalue weighted by Gasteiger charge is 2.15. The second-order valence-corrected chi connectivity index (χ2v) is 7.00. The van der Waals surface area contributed by atoms with Gasteiger partial charge in [0, 0.05) is 29.7 Å². The zero-order valence-electron chi connectivity index (χ0n) is 11.3. The average Bonchev–Trinajstić information content (AvgIpc) is 2.84. The topological polar surface area (TPSA) is 24.9 Å². The largest absolute Gasteiger partial charge is 0.310 e. The number of hydrogen-bond donors (Lipinski definition) is 1. The Morgan fingerprint density at radius 1 is 1.32 bits per heavy atom. The summed E-state index contributed by atoms with van der Waals surface area (Å²) < 4.78 is 1.20. The summed E-state index contributed by atoms with van der Waals surface area (Å²) in [6, 6.07) is 6.84. The van der Waals surface area contributed by atoms with Crippen LogP contribution in [0.4, 0.5) is 0 Å². The maximum Gasteiger partial charge on any atom is 0.0701 e. The molecule has 2 heterocycles. The molecule has 2 rings (SSSR count). The average molecular weight is 339 g/mol. The Morgan fingerprint density at radius 3 is 2.79 bits per heavy atom. The standard InChI is InChI=1S/C15H19BrN2S/c1-3-11-10-17-8-7-13(11)14(18-4-2)9-12-5-6-15(16)19-12/h5-8,10,14,18H,3-4,9H2,1-2H3. The van der Waals surface area contributed by atoms with Crippen molar-refractivity contribution >= 4 is 27.3 Å². The van der Waals surface area contributed by atoms with E-state index in [1.807, 2.05) is 23.7 Å². The van der Waals surface area contributed by atoms with Gasteiger partial charge in [0.2, 0.25) is 0 Å². The van der Waals surface area contributed by atoms with Crippen LogP contribution in [0.3, 0.4) is 0 Å². The van der Waals surface area contributed by atoms with Crippen molar-refractivity contribution in [2.45, 2.75) is 32.7 Å². The van der Waals surface area contributed by atoms with Crippen molar-refractivity contribution < 1.29 is 0 Å². The fourth-order valence-electron chi connectivity index (χ4n) is 2.27. The number of thiophene rings is 1. The second kappa shape index (κ2) is 7.17. The zero-order valence-corrected chi connectivity index (χ0v) is 13.7. The summed E-state index contributed by atoms with van der Waals surface area (Å²) in [6.45, 7) is 5.32. The Bertz CT molecular complexity index is 524. The number of aryl methyl sites for hydroxylation is 1. The minimum absolute atomic E-state index is 0.369. The monoisotopic (exact) mass is 338 g/mol. The number of hydrogen-bond acceptors (Lipinski definition) is 3. The molecule has 2 aromatic heterocycles. The van der Waals surface area contributed by atoms with E-state index in [2.05, 4.69) is 58.3 Å². The van der Waals surface area contributed by atoms with Crippen LogP contribution in [0.1, 0.15) is 35.9 Å². The predicted molar refractivity (Wildman–Crippen MR) is 85.8 cm³/mol. The van der Waals surface area contributed by atoms with Crippen molar-refractivity contribution in [2.75, 3.05) is 6.54 Å². The fourth-order valence-corrected chi connectivity index (χ4v) is 3.80. The highest BCUT2D eigenvalue weighted by molar-refractivity contribution is 9.11.